The van der Waals surface area contributed by atoms with Crippen molar-refractivity contribution in [1.29, 1.82) is 0 Å². The second-order valence-electron chi connectivity index (χ2n) is 5.07. The quantitative estimate of drug-likeness (QED) is 0.925. The van der Waals surface area contributed by atoms with Crippen molar-refractivity contribution in [1.82, 2.24) is 9.88 Å². The number of hydrogen-bond acceptors (Lipinski definition) is 4. The van der Waals surface area contributed by atoms with E-state index in [1.54, 1.807) is 11.3 Å². The van der Waals surface area contributed by atoms with Gasteiger partial charge in [0.15, 0.2) is 0 Å². The molecule has 0 saturated carbocycles. The average molecular weight is 326 g/mol. The van der Waals surface area contributed by atoms with Gasteiger partial charge in [0.1, 0.15) is 0 Å². The second-order valence-corrected chi connectivity index (χ2v) is 6.01. The zero-order valence-electron chi connectivity index (χ0n) is 11.7. The van der Waals surface area contributed by atoms with Crippen molar-refractivity contribution in [2.45, 2.75) is 39.2 Å². The Morgan fingerprint density at radius 3 is 2.79 bits per heavy atom. The van der Waals surface area contributed by atoms with Gasteiger partial charge in [0.05, 0.1) is 11.2 Å². The van der Waals surface area contributed by atoms with Crippen LogP contribution in [-0.2, 0) is 6.42 Å². The molecular weight excluding hydrogens is 301 g/mol. The molecule has 2 atom stereocenters. The van der Waals surface area contributed by atoms with Crippen LogP contribution in [0.1, 0.15) is 30.3 Å². The second kappa shape index (κ2) is 9.14. The molecule has 2 heterocycles. The van der Waals surface area contributed by atoms with E-state index < -0.39 is 0 Å². The monoisotopic (exact) mass is 325 g/mol. The lowest BCUT2D eigenvalue weighted by Crippen LogP contribution is -2.49. The van der Waals surface area contributed by atoms with Crippen LogP contribution in [0.25, 0.3) is 0 Å². The van der Waals surface area contributed by atoms with Gasteiger partial charge in [0, 0.05) is 24.0 Å². The van der Waals surface area contributed by atoms with Crippen LogP contribution in [0, 0.1) is 12.8 Å². The van der Waals surface area contributed by atoms with E-state index in [0.717, 1.165) is 25.4 Å². The fourth-order valence-electron chi connectivity index (χ4n) is 2.80. The van der Waals surface area contributed by atoms with Crippen LogP contribution in [0.15, 0.2) is 5.51 Å². The maximum atomic E-state index is 5.91. The zero-order chi connectivity index (χ0) is 12.3. The average Bonchev–Trinajstić information content (AvgIpc) is 2.72. The summed E-state index contributed by atoms with van der Waals surface area (Å²) in [4.78, 5) is 8.32. The molecule has 0 radical (unpaired) electrons. The lowest BCUT2D eigenvalue weighted by atomic mass is 9.90. The number of thiazole rings is 1. The number of aryl methyl sites for hydroxylation is 1. The summed E-state index contributed by atoms with van der Waals surface area (Å²) in [6.07, 6.45) is 3.77. The summed E-state index contributed by atoms with van der Waals surface area (Å²) in [5, 5.41) is 0. The summed E-state index contributed by atoms with van der Waals surface area (Å²) in [7, 11) is 0. The van der Waals surface area contributed by atoms with E-state index in [1.807, 2.05) is 5.51 Å². The van der Waals surface area contributed by atoms with Gasteiger partial charge in [-0.05, 0) is 38.6 Å². The van der Waals surface area contributed by atoms with Crippen LogP contribution in [0.3, 0.4) is 0 Å². The van der Waals surface area contributed by atoms with Gasteiger partial charge in [-0.2, -0.15) is 0 Å². The molecule has 19 heavy (non-hydrogen) atoms. The summed E-state index contributed by atoms with van der Waals surface area (Å²) >= 11 is 1.78. The minimum atomic E-state index is 0. The van der Waals surface area contributed by atoms with Gasteiger partial charge >= 0.3 is 0 Å². The number of likely N-dealkylation sites (tertiary alicyclic amines) is 1. The van der Waals surface area contributed by atoms with Gasteiger partial charge in [-0.1, -0.05) is 6.92 Å². The highest BCUT2D eigenvalue weighted by Gasteiger charge is 2.26. The van der Waals surface area contributed by atoms with E-state index in [2.05, 4.69) is 23.7 Å². The number of hydrogen-bond donors (Lipinski definition) is 1. The Morgan fingerprint density at radius 1 is 1.47 bits per heavy atom. The lowest BCUT2D eigenvalue weighted by Gasteiger charge is -2.39. The number of aromatic nitrogens is 1. The normalized spacial score (nSPS) is 23.5. The van der Waals surface area contributed by atoms with Crippen LogP contribution >= 0.6 is 36.2 Å². The molecule has 1 saturated heterocycles. The van der Waals surface area contributed by atoms with Gasteiger partial charge < -0.3 is 5.73 Å². The molecule has 0 spiro atoms. The molecule has 0 aromatic carbocycles. The van der Waals surface area contributed by atoms with Gasteiger partial charge in [-0.25, -0.2) is 4.98 Å². The topological polar surface area (TPSA) is 42.2 Å². The number of nitrogens with zero attached hydrogens (tertiary/aromatic N) is 2. The fraction of sp³-hybridized carbons (Fsp3) is 0.769. The number of nitrogens with two attached hydrogens (primary N) is 1. The Morgan fingerprint density at radius 2 is 2.21 bits per heavy atom. The van der Waals surface area contributed by atoms with Crippen LogP contribution < -0.4 is 5.73 Å². The molecular formula is C13H25Cl2N3S. The van der Waals surface area contributed by atoms with Gasteiger partial charge in [0.2, 0.25) is 0 Å². The SMILES string of the molecule is Cc1ncsc1CCN1CCCC(C)C1CN.Cl.Cl. The smallest absolute Gasteiger partial charge is 0.0797 e. The molecule has 1 aliphatic heterocycles. The molecule has 1 aromatic heterocycles. The Labute approximate surface area is 132 Å². The first kappa shape index (κ1) is 19.1. The summed E-state index contributed by atoms with van der Waals surface area (Å²) in [6, 6.07) is 0.581. The molecule has 1 aromatic rings. The summed E-state index contributed by atoms with van der Waals surface area (Å²) < 4.78 is 0. The maximum Gasteiger partial charge on any atom is 0.0797 e. The van der Waals surface area contributed by atoms with Gasteiger partial charge in [-0.3, -0.25) is 4.90 Å². The van der Waals surface area contributed by atoms with Crippen molar-refractivity contribution in [3.63, 3.8) is 0 Å². The first-order chi connectivity index (χ1) is 8.22. The third-order valence-corrected chi connectivity index (χ3v) is 4.94. The van der Waals surface area contributed by atoms with Crippen LogP contribution in [0.4, 0.5) is 0 Å². The Kier molecular flexibility index (Phi) is 9.20. The van der Waals surface area contributed by atoms with E-state index in [9.17, 15) is 0 Å². The van der Waals surface area contributed by atoms with Gasteiger partial charge in [-0.15, -0.1) is 36.2 Å². The summed E-state index contributed by atoms with van der Waals surface area (Å²) in [5.41, 5.74) is 9.06. The number of rotatable bonds is 4. The highest BCUT2D eigenvalue weighted by atomic mass is 35.5. The third-order valence-electron chi connectivity index (χ3n) is 3.94. The number of piperidine rings is 1. The first-order valence-corrected chi connectivity index (χ1v) is 7.43. The molecule has 0 aliphatic carbocycles. The van der Waals surface area contributed by atoms with Crippen LogP contribution in [-0.4, -0.2) is 35.6 Å². The molecule has 0 bridgehead atoms. The molecule has 2 rings (SSSR count). The van der Waals surface area contributed by atoms with Gasteiger partial charge in [0.25, 0.3) is 0 Å². The minimum Gasteiger partial charge on any atom is -0.329 e. The van der Waals surface area contributed by atoms with E-state index in [-0.39, 0.29) is 24.8 Å². The zero-order valence-corrected chi connectivity index (χ0v) is 14.1. The molecule has 2 unspecified atom stereocenters. The Bertz CT molecular complexity index is 359. The highest BCUT2D eigenvalue weighted by molar-refractivity contribution is 7.09. The van der Waals surface area contributed by atoms with Crippen molar-refractivity contribution in [3.8, 4) is 0 Å². The van der Waals surface area contributed by atoms with Crippen molar-refractivity contribution in [2.24, 2.45) is 11.7 Å². The Hall–Kier alpha value is 0.130. The van der Waals surface area contributed by atoms with E-state index in [0.29, 0.717) is 6.04 Å². The van der Waals surface area contributed by atoms with Crippen molar-refractivity contribution >= 4 is 36.2 Å². The summed E-state index contributed by atoms with van der Waals surface area (Å²) in [6.45, 7) is 7.58. The Balaban J connectivity index is 0.00000162. The van der Waals surface area contributed by atoms with E-state index >= 15 is 0 Å². The van der Waals surface area contributed by atoms with Crippen LogP contribution in [0.2, 0.25) is 0 Å². The first-order valence-electron chi connectivity index (χ1n) is 6.55. The predicted molar refractivity (Wildman–Crippen MR) is 87.9 cm³/mol. The molecule has 112 valence electrons. The largest absolute Gasteiger partial charge is 0.329 e. The molecule has 2 N–H and O–H groups in total. The van der Waals surface area contributed by atoms with Crippen molar-refractivity contribution < 1.29 is 0 Å². The van der Waals surface area contributed by atoms with E-state index in [4.69, 9.17) is 5.73 Å². The van der Waals surface area contributed by atoms with Crippen LogP contribution in [0.5, 0.6) is 0 Å². The highest BCUT2D eigenvalue weighted by Crippen LogP contribution is 2.23. The standard InChI is InChI=1S/C13H23N3S.2ClH/c1-10-4-3-6-16(12(10)8-14)7-5-13-11(2)15-9-17-13;;/h9-10,12H,3-8,14H2,1-2H3;2*1H. The van der Waals surface area contributed by atoms with Crippen molar-refractivity contribution in [2.75, 3.05) is 19.6 Å². The fourth-order valence-corrected chi connectivity index (χ4v) is 3.58. The molecule has 1 fully saturated rings. The molecule has 0 amide bonds. The predicted octanol–water partition coefficient (Wildman–Crippen LogP) is 2.90. The molecule has 1 aliphatic rings. The lowest BCUT2D eigenvalue weighted by molar-refractivity contribution is 0.108. The third kappa shape index (κ3) is 4.87. The minimum absolute atomic E-state index is 0. The number of halogens is 2. The van der Waals surface area contributed by atoms with Crippen molar-refractivity contribution in [3.05, 3.63) is 16.1 Å². The molecule has 3 nitrogen and oxygen atoms in total. The summed E-state index contributed by atoms with van der Waals surface area (Å²) in [5.74, 6) is 0.747. The molecule has 6 heteroatoms. The van der Waals surface area contributed by atoms with E-state index in [1.165, 1.54) is 30.0 Å². The maximum absolute atomic E-state index is 5.91.